The zero-order chi connectivity index (χ0) is 16.4. The largest absolute Gasteiger partial charge is 0.345 e. The van der Waals surface area contributed by atoms with Crippen molar-refractivity contribution in [1.29, 1.82) is 0 Å². The van der Waals surface area contributed by atoms with E-state index in [9.17, 15) is 9.59 Å². The Morgan fingerprint density at radius 1 is 1.26 bits per heavy atom. The highest BCUT2D eigenvalue weighted by atomic mass is 16.2. The quantitative estimate of drug-likeness (QED) is 0.805. The molecule has 0 bridgehead atoms. The van der Waals surface area contributed by atoms with Crippen LogP contribution in [0, 0.1) is 0 Å². The van der Waals surface area contributed by atoms with Crippen molar-refractivity contribution in [2.75, 3.05) is 10.6 Å². The summed E-state index contributed by atoms with van der Waals surface area (Å²) >= 11 is 0. The first-order valence-electron chi connectivity index (χ1n) is 7.40. The number of aromatic nitrogens is 2. The Bertz CT molecular complexity index is 775. The summed E-state index contributed by atoms with van der Waals surface area (Å²) in [6.45, 7) is 3.72. The van der Waals surface area contributed by atoms with Crippen molar-refractivity contribution in [1.82, 2.24) is 15.3 Å². The number of hydrogen-bond donors (Lipinski definition) is 3. The second kappa shape index (κ2) is 6.04. The average Bonchev–Trinajstić information content (AvgIpc) is 2.82. The van der Waals surface area contributed by atoms with E-state index < -0.39 is 0 Å². The van der Waals surface area contributed by atoms with E-state index in [-0.39, 0.29) is 17.9 Å². The van der Waals surface area contributed by atoms with Crippen molar-refractivity contribution >= 4 is 29.1 Å². The number of hydrogen-bond acceptors (Lipinski definition) is 5. The smallest absolute Gasteiger partial charge is 0.252 e. The number of anilines is 3. The molecule has 0 aliphatic carbocycles. The molecule has 1 aliphatic heterocycles. The Morgan fingerprint density at radius 2 is 2.04 bits per heavy atom. The molecule has 0 fully saturated rings. The minimum atomic E-state index is -0.106. The van der Waals surface area contributed by atoms with Crippen LogP contribution in [0.4, 0.5) is 17.3 Å². The van der Waals surface area contributed by atoms with Gasteiger partial charge in [-0.25, -0.2) is 9.97 Å². The fourth-order valence-corrected chi connectivity index (χ4v) is 2.43. The van der Waals surface area contributed by atoms with E-state index in [2.05, 4.69) is 25.9 Å². The topological polar surface area (TPSA) is 96.0 Å². The van der Waals surface area contributed by atoms with Crippen LogP contribution in [-0.2, 0) is 4.79 Å². The van der Waals surface area contributed by atoms with E-state index in [1.807, 2.05) is 19.1 Å². The molecule has 2 amide bonds. The van der Waals surface area contributed by atoms with Crippen LogP contribution in [0.3, 0.4) is 0 Å². The summed E-state index contributed by atoms with van der Waals surface area (Å²) in [6, 6.07) is 7.18. The lowest BCUT2D eigenvalue weighted by molar-refractivity contribution is -0.115. The molecule has 7 heteroatoms. The van der Waals surface area contributed by atoms with Crippen molar-refractivity contribution in [2.45, 2.75) is 26.3 Å². The second-order valence-corrected chi connectivity index (χ2v) is 5.31. The fourth-order valence-electron chi connectivity index (χ4n) is 2.43. The van der Waals surface area contributed by atoms with E-state index in [0.29, 0.717) is 23.6 Å². The number of benzene rings is 1. The summed E-state index contributed by atoms with van der Waals surface area (Å²) in [7, 11) is 0. The van der Waals surface area contributed by atoms with Crippen LogP contribution in [0.25, 0.3) is 0 Å². The molecule has 2 aromatic rings. The summed E-state index contributed by atoms with van der Waals surface area (Å²) in [4.78, 5) is 31.3. The molecule has 1 unspecified atom stereocenters. The number of nitrogens with zero attached hydrogens (tertiary/aromatic N) is 2. The molecule has 1 aliphatic rings. The standard InChI is InChI=1S/C16H17N5O2/c1-3-15(22)21-14-7-13(17-8-18-14)20-10-4-5-11-12(6-10)9(2)19-16(11)23/h4-9H,3H2,1-2H3,(H,19,23)(H2,17,18,20,21,22). The minimum absolute atomic E-state index is 0.0101. The Morgan fingerprint density at radius 3 is 2.83 bits per heavy atom. The number of rotatable bonds is 4. The van der Waals surface area contributed by atoms with Crippen molar-refractivity contribution in [3.05, 3.63) is 41.7 Å². The van der Waals surface area contributed by atoms with Gasteiger partial charge >= 0.3 is 0 Å². The van der Waals surface area contributed by atoms with Gasteiger partial charge in [-0.05, 0) is 30.7 Å². The van der Waals surface area contributed by atoms with Gasteiger partial charge in [-0.3, -0.25) is 9.59 Å². The van der Waals surface area contributed by atoms with Crippen LogP contribution in [0.5, 0.6) is 0 Å². The van der Waals surface area contributed by atoms with E-state index in [1.54, 1.807) is 19.1 Å². The highest BCUT2D eigenvalue weighted by Gasteiger charge is 2.25. The average molecular weight is 311 g/mol. The van der Waals surface area contributed by atoms with Gasteiger partial charge < -0.3 is 16.0 Å². The first-order valence-corrected chi connectivity index (χ1v) is 7.40. The second-order valence-electron chi connectivity index (χ2n) is 5.31. The van der Waals surface area contributed by atoms with Gasteiger partial charge in [0, 0.05) is 23.7 Å². The third kappa shape index (κ3) is 3.13. The molecular formula is C16H17N5O2. The predicted octanol–water partition coefficient (Wildman–Crippen LogP) is 2.37. The predicted molar refractivity (Wildman–Crippen MR) is 86.6 cm³/mol. The lowest BCUT2D eigenvalue weighted by Gasteiger charge is -2.10. The van der Waals surface area contributed by atoms with Gasteiger partial charge in [-0.15, -0.1) is 0 Å². The number of carbonyl (C=O) groups is 2. The Balaban J connectivity index is 1.80. The molecule has 1 aromatic carbocycles. The third-order valence-electron chi connectivity index (χ3n) is 3.64. The maximum absolute atomic E-state index is 11.7. The van der Waals surface area contributed by atoms with Crippen molar-refractivity contribution in [2.24, 2.45) is 0 Å². The maximum Gasteiger partial charge on any atom is 0.252 e. The van der Waals surface area contributed by atoms with Gasteiger partial charge in [0.05, 0.1) is 6.04 Å². The maximum atomic E-state index is 11.7. The third-order valence-corrected chi connectivity index (χ3v) is 3.64. The van der Waals surface area contributed by atoms with Crippen molar-refractivity contribution < 1.29 is 9.59 Å². The summed E-state index contributed by atoms with van der Waals surface area (Å²) < 4.78 is 0. The molecule has 118 valence electrons. The summed E-state index contributed by atoms with van der Waals surface area (Å²) in [5.41, 5.74) is 2.47. The summed E-state index contributed by atoms with van der Waals surface area (Å²) in [5.74, 6) is 0.855. The highest BCUT2D eigenvalue weighted by molar-refractivity contribution is 5.99. The van der Waals surface area contributed by atoms with Crippen LogP contribution in [0.1, 0.15) is 42.2 Å². The van der Waals surface area contributed by atoms with Crippen LogP contribution >= 0.6 is 0 Å². The Hall–Kier alpha value is -2.96. The molecule has 0 saturated carbocycles. The Kier molecular flexibility index (Phi) is 3.92. The van der Waals surface area contributed by atoms with Gasteiger partial charge in [-0.2, -0.15) is 0 Å². The van der Waals surface area contributed by atoms with Crippen LogP contribution < -0.4 is 16.0 Å². The lowest BCUT2D eigenvalue weighted by Crippen LogP contribution is -2.16. The van der Waals surface area contributed by atoms with Gasteiger partial charge in [0.25, 0.3) is 5.91 Å². The van der Waals surface area contributed by atoms with Crippen LogP contribution in [0.15, 0.2) is 30.6 Å². The molecule has 3 N–H and O–H groups in total. The number of amides is 2. The molecular weight excluding hydrogens is 294 g/mol. The fraction of sp³-hybridized carbons (Fsp3) is 0.250. The molecule has 7 nitrogen and oxygen atoms in total. The molecule has 1 atom stereocenters. The molecule has 0 spiro atoms. The van der Waals surface area contributed by atoms with E-state index >= 15 is 0 Å². The Labute approximate surface area is 133 Å². The van der Waals surface area contributed by atoms with Crippen molar-refractivity contribution in [3.8, 4) is 0 Å². The van der Waals surface area contributed by atoms with Gasteiger partial charge in [-0.1, -0.05) is 6.92 Å². The highest BCUT2D eigenvalue weighted by Crippen LogP contribution is 2.28. The van der Waals surface area contributed by atoms with Crippen LogP contribution in [-0.4, -0.2) is 21.8 Å². The van der Waals surface area contributed by atoms with Crippen molar-refractivity contribution in [3.63, 3.8) is 0 Å². The van der Waals surface area contributed by atoms with E-state index in [4.69, 9.17) is 0 Å². The van der Waals surface area contributed by atoms with Gasteiger partial charge in [0.2, 0.25) is 5.91 Å². The lowest BCUT2D eigenvalue weighted by atomic mass is 10.1. The molecule has 2 heterocycles. The number of carbonyl (C=O) groups excluding carboxylic acids is 2. The molecule has 0 saturated heterocycles. The number of fused-ring (bicyclic) bond motifs is 1. The molecule has 1 aromatic heterocycles. The first kappa shape index (κ1) is 15.0. The first-order chi connectivity index (χ1) is 11.1. The summed E-state index contributed by atoms with van der Waals surface area (Å²) in [5, 5.41) is 8.72. The minimum Gasteiger partial charge on any atom is -0.345 e. The van der Waals surface area contributed by atoms with Crippen LogP contribution in [0.2, 0.25) is 0 Å². The zero-order valence-corrected chi connectivity index (χ0v) is 12.9. The van der Waals surface area contributed by atoms with Gasteiger partial charge in [0.15, 0.2) is 0 Å². The molecule has 0 radical (unpaired) electrons. The zero-order valence-electron chi connectivity index (χ0n) is 12.9. The molecule has 3 rings (SSSR count). The van der Waals surface area contributed by atoms with E-state index in [0.717, 1.165) is 11.3 Å². The van der Waals surface area contributed by atoms with E-state index in [1.165, 1.54) is 6.33 Å². The number of nitrogens with one attached hydrogen (secondary N) is 3. The summed E-state index contributed by atoms with van der Waals surface area (Å²) in [6.07, 6.45) is 1.77. The van der Waals surface area contributed by atoms with Gasteiger partial charge in [0.1, 0.15) is 18.0 Å². The normalized spacial score (nSPS) is 15.7. The monoisotopic (exact) mass is 311 g/mol. The molecule has 23 heavy (non-hydrogen) atoms. The SMILES string of the molecule is CCC(=O)Nc1cc(Nc2ccc3c(c2)C(C)NC3=O)ncn1.